The Morgan fingerprint density at radius 2 is 1.77 bits per heavy atom. The highest BCUT2D eigenvalue weighted by Crippen LogP contribution is 2.32. The van der Waals surface area contributed by atoms with Gasteiger partial charge in [0.2, 0.25) is 5.91 Å². The van der Waals surface area contributed by atoms with E-state index in [1.165, 1.54) is 24.4 Å². The Labute approximate surface area is 248 Å². The van der Waals surface area contributed by atoms with Crippen molar-refractivity contribution in [1.29, 1.82) is 0 Å². The van der Waals surface area contributed by atoms with Gasteiger partial charge in [-0.05, 0) is 44.1 Å². The van der Waals surface area contributed by atoms with Gasteiger partial charge in [0.15, 0.2) is 18.3 Å². The van der Waals surface area contributed by atoms with E-state index >= 15 is 0 Å². The number of halogens is 5. The number of hydrogen-bond acceptors (Lipinski definition) is 6. The molecule has 0 spiro atoms. The van der Waals surface area contributed by atoms with Crippen LogP contribution in [0.1, 0.15) is 50.8 Å². The molecule has 0 unspecified atom stereocenters. The summed E-state index contributed by atoms with van der Waals surface area (Å²) in [5.74, 6) is -1.000. The number of piperazine rings is 1. The molecule has 2 saturated heterocycles. The number of hydrogen-bond donors (Lipinski definition) is 3. The maximum atomic E-state index is 13.3. The highest BCUT2D eigenvalue weighted by Gasteiger charge is 2.37. The van der Waals surface area contributed by atoms with Gasteiger partial charge in [-0.1, -0.05) is 11.6 Å². The first-order chi connectivity index (χ1) is 20.5. The summed E-state index contributed by atoms with van der Waals surface area (Å²) in [5.41, 5.74) is -0.798. The van der Waals surface area contributed by atoms with Crippen LogP contribution in [0.15, 0.2) is 30.6 Å². The summed E-state index contributed by atoms with van der Waals surface area (Å²) in [5, 5.41) is 9.17. The van der Waals surface area contributed by atoms with Crippen LogP contribution in [0, 0.1) is 5.92 Å². The predicted octanol–water partition coefficient (Wildman–Crippen LogP) is 3.33. The maximum absolute atomic E-state index is 13.3. The Bertz CT molecular complexity index is 1490. The number of nitrogens with one attached hydrogen (secondary N) is 3. The second-order valence-electron chi connectivity index (χ2n) is 10.4. The van der Waals surface area contributed by atoms with Gasteiger partial charge in [-0.2, -0.15) is 18.3 Å². The van der Waals surface area contributed by atoms with E-state index in [0.717, 1.165) is 32.1 Å². The van der Waals surface area contributed by atoms with E-state index in [9.17, 15) is 31.9 Å². The summed E-state index contributed by atoms with van der Waals surface area (Å²) >= 11 is 6.39. The summed E-state index contributed by atoms with van der Waals surface area (Å²) in [6.07, 6.45) is -1.30. The number of alkyl halides is 4. The fraction of sp³-hybridized carbons (Fsp3) is 0.444. The summed E-state index contributed by atoms with van der Waals surface area (Å²) in [6, 6.07) is 4.40. The lowest BCUT2D eigenvalue weighted by Crippen LogP contribution is -2.52. The van der Waals surface area contributed by atoms with Gasteiger partial charge in [0.1, 0.15) is 0 Å². The number of amides is 3. The van der Waals surface area contributed by atoms with Crippen LogP contribution in [0.2, 0.25) is 5.02 Å². The van der Waals surface area contributed by atoms with Gasteiger partial charge in [-0.15, -0.1) is 0 Å². The van der Waals surface area contributed by atoms with Crippen molar-refractivity contribution in [2.24, 2.45) is 5.92 Å². The molecule has 0 atom stereocenters. The second kappa shape index (κ2) is 12.7. The van der Waals surface area contributed by atoms with E-state index in [0.29, 0.717) is 30.9 Å². The Hall–Kier alpha value is -3.98. The van der Waals surface area contributed by atoms with Gasteiger partial charge < -0.3 is 25.4 Å². The minimum Gasteiger partial charge on any atom is -0.339 e. The minimum atomic E-state index is -4.77. The first-order valence-electron chi connectivity index (χ1n) is 13.7. The lowest BCUT2D eigenvalue weighted by molar-refractivity contribution is -0.142. The first kappa shape index (κ1) is 30.5. The lowest BCUT2D eigenvalue weighted by atomic mass is 9.96. The Kier molecular flexibility index (Phi) is 9.01. The molecule has 43 heavy (non-hydrogen) atoms. The lowest BCUT2D eigenvalue weighted by Gasteiger charge is -2.37. The average Bonchev–Trinajstić information content (AvgIpc) is 3.65. The van der Waals surface area contributed by atoms with E-state index in [2.05, 4.69) is 25.7 Å². The first-order valence-corrected chi connectivity index (χ1v) is 14.0. The molecule has 2 aromatic heterocycles. The molecule has 230 valence electrons. The van der Waals surface area contributed by atoms with Crippen molar-refractivity contribution in [3.8, 4) is 0 Å². The number of nitrogens with zero attached hydrogens (tertiary/aromatic N) is 5. The number of rotatable bonds is 7. The topological polar surface area (TPSA) is 128 Å². The van der Waals surface area contributed by atoms with Crippen LogP contribution in [0.25, 0.3) is 0 Å². The Balaban J connectivity index is 1.17. The summed E-state index contributed by atoms with van der Waals surface area (Å²) in [7, 11) is 0. The second-order valence-corrected chi connectivity index (χ2v) is 10.8. The van der Waals surface area contributed by atoms with Gasteiger partial charge in [-0.25, -0.2) is 14.1 Å². The molecule has 0 radical (unpaired) electrons. The SMILES string of the molecule is O=C(Nc1ccc(C(=O)N2CCN(C(=O)C3CCNCC3)CC2)c(Cl)c1)c1ncc(Cc2cn(CF)nc2C(F)(F)F)[nH]1. The highest BCUT2D eigenvalue weighted by molar-refractivity contribution is 6.34. The standard InChI is InChI=1S/C27H29ClF4N8O3/c28-21-12-18(1-2-20(21)26(43)39-9-7-38(8-10-39)25(42)16-3-5-33-6-4-16)36-24(41)23-34-13-19(35-23)11-17-14-40(15-29)37-22(17)27(30,31)32/h1-2,12-14,16,33H,3-11,15H2,(H,34,35)(H,36,41). The number of aromatic amines is 1. The molecule has 5 rings (SSSR count). The number of carbonyl (C=O) groups excluding carboxylic acids is 3. The van der Waals surface area contributed by atoms with Crippen molar-refractivity contribution in [2.75, 3.05) is 44.6 Å². The van der Waals surface area contributed by atoms with Crippen molar-refractivity contribution < 1.29 is 31.9 Å². The van der Waals surface area contributed by atoms with Crippen molar-refractivity contribution in [1.82, 2.24) is 34.9 Å². The van der Waals surface area contributed by atoms with Crippen molar-refractivity contribution in [3.63, 3.8) is 0 Å². The molecule has 3 aromatic rings. The summed E-state index contributed by atoms with van der Waals surface area (Å²) in [4.78, 5) is 48.7. The minimum absolute atomic E-state index is 0.0169. The normalized spacial score (nSPS) is 16.4. The molecular formula is C27H29ClF4N8O3. The Morgan fingerprint density at radius 3 is 2.42 bits per heavy atom. The number of H-pyrrole nitrogens is 1. The summed E-state index contributed by atoms with van der Waals surface area (Å²) < 4.78 is 53.2. The van der Waals surface area contributed by atoms with Crippen molar-refractivity contribution in [2.45, 2.75) is 32.2 Å². The fourth-order valence-corrected chi connectivity index (χ4v) is 5.51. The molecule has 0 aliphatic carbocycles. The van der Waals surface area contributed by atoms with Crippen molar-refractivity contribution >= 4 is 35.0 Å². The van der Waals surface area contributed by atoms with E-state index in [1.54, 1.807) is 4.90 Å². The molecule has 0 bridgehead atoms. The summed E-state index contributed by atoms with van der Waals surface area (Å²) in [6.45, 7) is 2.09. The number of carbonyl (C=O) groups is 3. The highest BCUT2D eigenvalue weighted by atomic mass is 35.5. The number of aromatic nitrogens is 4. The van der Waals surface area contributed by atoms with E-state index in [4.69, 9.17) is 11.6 Å². The van der Waals surface area contributed by atoms with Crippen LogP contribution in [0.3, 0.4) is 0 Å². The number of anilines is 1. The zero-order valence-electron chi connectivity index (χ0n) is 22.9. The van der Waals surface area contributed by atoms with Crippen LogP contribution in [0.5, 0.6) is 0 Å². The van der Waals surface area contributed by atoms with Gasteiger partial charge >= 0.3 is 6.18 Å². The molecule has 4 heterocycles. The number of benzene rings is 1. The molecule has 2 aliphatic rings. The van der Waals surface area contributed by atoms with Crippen LogP contribution < -0.4 is 10.6 Å². The molecule has 16 heteroatoms. The average molecular weight is 625 g/mol. The zero-order valence-corrected chi connectivity index (χ0v) is 23.6. The third-order valence-corrected chi connectivity index (χ3v) is 7.79. The molecule has 1 aromatic carbocycles. The van der Waals surface area contributed by atoms with Gasteiger partial charge in [-0.3, -0.25) is 14.4 Å². The van der Waals surface area contributed by atoms with Crippen molar-refractivity contribution in [3.05, 3.63) is 64.0 Å². The monoisotopic (exact) mass is 624 g/mol. The zero-order chi connectivity index (χ0) is 30.7. The van der Waals surface area contributed by atoms with E-state index in [-0.39, 0.29) is 57.5 Å². The van der Waals surface area contributed by atoms with E-state index < -0.39 is 24.6 Å². The third-order valence-electron chi connectivity index (χ3n) is 7.48. The maximum Gasteiger partial charge on any atom is 0.435 e. The number of piperidine rings is 1. The fourth-order valence-electron chi connectivity index (χ4n) is 5.25. The molecule has 0 saturated carbocycles. The number of imidazole rings is 1. The molecule has 2 aliphatic heterocycles. The predicted molar refractivity (Wildman–Crippen MR) is 147 cm³/mol. The van der Waals surface area contributed by atoms with Crippen LogP contribution in [-0.4, -0.2) is 86.5 Å². The quantitative estimate of drug-likeness (QED) is 0.346. The molecule has 11 nitrogen and oxygen atoms in total. The van der Waals surface area contributed by atoms with Gasteiger partial charge in [0.25, 0.3) is 11.8 Å². The third kappa shape index (κ3) is 6.99. The van der Waals surface area contributed by atoms with Gasteiger partial charge in [0, 0.05) is 67.9 Å². The van der Waals surface area contributed by atoms with Crippen LogP contribution in [0.4, 0.5) is 23.2 Å². The Morgan fingerprint density at radius 1 is 1.07 bits per heavy atom. The van der Waals surface area contributed by atoms with Crippen LogP contribution in [-0.2, 0) is 24.2 Å². The largest absolute Gasteiger partial charge is 0.435 e. The van der Waals surface area contributed by atoms with Gasteiger partial charge in [0.05, 0.1) is 10.6 Å². The molecule has 2 fully saturated rings. The van der Waals surface area contributed by atoms with Crippen LogP contribution >= 0.6 is 11.6 Å². The molecule has 3 amide bonds. The molecule has 3 N–H and O–H groups in total. The van der Waals surface area contributed by atoms with E-state index in [1.807, 2.05) is 4.90 Å². The molecular weight excluding hydrogens is 596 g/mol. The smallest absolute Gasteiger partial charge is 0.339 e.